The van der Waals surface area contributed by atoms with E-state index in [1.165, 1.54) is 0 Å². The number of fused-ring (bicyclic) bond motifs is 1. The topological polar surface area (TPSA) is 175 Å². The third-order valence-corrected chi connectivity index (χ3v) is 5.02. The molecule has 0 fully saturated rings. The lowest BCUT2D eigenvalue weighted by Crippen LogP contribution is -2.41. The Hall–Kier alpha value is -3.95. The number of hydrogen-bond donors (Lipinski definition) is 5. The molecule has 10 heteroatoms. The van der Waals surface area contributed by atoms with Gasteiger partial charge in [0.05, 0.1) is 11.3 Å². The van der Waals surface area contributed by atoms with Gasteiger partial charge in [0.2, 0.25) is 5.95 Å². The second-order valence-corrected chi connectivity index (χ2v) is 7.20. The van der Waals surface area contributed by atoms with Crippen LogP contribution in [0.4, 0.5) is 5.95 Å². The summed E-state index contributed by atoms with van der Waals surface area (Å²) in [6, 6.07) is 5.32. The average molecular weight is 426 g/mol. The van der Waals surface area contributed by atoms with Crippen molar-refractivity contribution in [2.45, 2.75) is 38.1 Å². The molecule has 1 amide bonds. The second kappa shape index (κ2) is 9.24. The maximum Gasteiger partial charge on any atom is 0.326 e. The molecule has 6 N–H and O–H groups in total. The third kappa shape index (κ3) is 5.35. The number of carboxylic acids is 2. The van der Waals surface area contributed by atoms with Crippen LogP contribution in [-0.4, -0.2) is 44.1 Å². The fourth-order valence-corrected chi connectivity index (χ4v) is 3.43. The fourth-order valence-electron chi connectivity index (χ4n) is 3.43. The number of rotatable bonds is 8. The Morgan fingerprint density at radius 3 is 2.55 bits per heavy atom. The summed E-state index contributed by atoms with van der Waals surface area (Å²) in [6.07, 6.45) is 3.27. The molecule has 1 aromatic heterocycles. The predicted molar refractivity (Wildman–Crippen MR) is 111 cm³/mol. The van der Waals surface area contributed by atoms with E-state index in [-0.39, 0.29) is 29.9 Å². The van der Waals surface area contributed by atoms with Crippen LogP contribution in [0.25, 0.3) is 5.57 Å². The lowest BCUT2D eigenvalue weighted by atomic mass is 10.0. The van der Waals surface area contributed by atoms with Crippen molar-refractivity contribution in [3.63, 3.8) is 0 Å². The van der Waals surface area contributed by atoms with E-state index in [1.54, 1.807) is 24.3 Å². The largest absolute Gasteiger partial charge is 0.481 e. The number of amides is 1. The Morgan fingerprint density at radius 2 is 1.90 bits per heavy atom. The molecular weight excluding hydrogens is 404 g/mol. The van der Waals surface area contributed by atoms with Gasteiger partial charge in [-0.05, 0) is 49.0 Å². The van der Waals surface area contributed by atoms with Crippen molar-refractivity contribution in [2.75, 3.05) is 5.73 Å². The first kappa shape index (κ1) is 21.8. The van der Waals surface area contributed by atoms with Crippen LogP contribution in [-0.2, 0) is 22.4 Å². The minimum Gasteiger partial charge on any atom is -0.481 e. The van der Waals surface area contributed by atoms with E-state index < -0.39 is 23.9 Å². The number of allylic oxidation sites excluding steroid dienone is 2. The standard InChI is InChI=1S/C21H22N4O6/c22-21-24-14-8-7-12(17(14)19(29)25-21)4-1-11-2-5-13(6-3-11)18(28)23-15(20(30)31)9-10-16(26)27/h2-6,15H,1,7-10H2,(H,23,28)(H,26,27)(H,30,31)(H3,22,24,25,29)/t15-/m0/s1. The van der Waals surface area contributed by atoms with Crippen LogP contribution in [0.1, 0.15) is 46.4 Å². The van der Waals surface area contributed by atoms with Crippen LogP contribution >= 0.6 is 0 Å². The first-order valence-electron chi connectivity index (χ1n) is 9.67. The fraction of sp³-hybridized carbons (Fsp3) is 0.286. The van der Waals surface area contributed by atoms with E-state index >= 15 is 0 Å². The summed E-state index contributed by atoms with van der Waals surface area (Å²) in [4.78, 5) is 53.0. The van der Waals surface area contributed by atoms with E-state index in [4.69, 9.17) is 15.9 Å². The van der Waals surface area contributed by atoms with E-state index in [9.17, 15) is 19.2 Å². The first-order valence-corrected chi connectivity index (χ1v) is 9.67. The molecule has 0 spiro atoms. The van der Waals surface area contributed by atoms with Crippen LogP contribution in [0, 0.1) is 0 Å². The highest BCUT2D eigenvalue weighted by Gasteiger charge is 2.22. The molecule has 162 valence electrons. The molecule has 1 aliphatic rings. The highest BCUT2D eigenvalue weighted by Crippen LogP contribution is 2.28. The molecule has 10 nitrogen and oxygen atoms in total. The Kier molecular flexibility index (Phi) is 6.49. The third-order valence-electron chi connectivity index (χ3n) is 5.02. The number of benzene rings is 1. The van der Waals surface area contributed by atoms with Crippen molar-refractivity contribution in [3.8, 4) is 0 Å². The quantitative estimate of drug-likeness (QED) is 0.415. The van der Waals surface area contributed by atoms with Gasteiger partial charge in [0.15, 0.2) is 0 Å². The van der Waals surface area contributed by atoms with E-state index in [0.29, 0.717) is 30.5 Å². The second-order valence-electron chi connectivity index (χ2n) is 7.20. The van der Waals surface area contributed by atoms with Crippen molar-refractivity contribution < 1.29 is 24.6 Å². The maximum atomic E-state index is 12.3. The number of carboxylic acid groups (broad SMARTS) is 2. The van der Waals surface area contributed by atoms with Crippen molar-refractivity contribution in [1.29, 1.82) is 0 Å². The number of nitrogens with zero attached hydrogens (tertiary/aromatic N) is 1. The molecule has 31 heavy (non-hydrogen) atoms. The molecule has 3 rings (SSSR count). The molecule has 2 aromatic rings. The van der Waals surface area contributed by atoms with Gasteiger partial charge in [-0.3, -0.25) is 19.4 Å². The molecule has 0 saturated heterocycles. The number of hydrogen-bond acceptors (Lipinski definition) is 6. The zero-order valence-corrected chi connectivity index (χ0v) is 16.6. The van der Waals surface area contributed by atoms with Gasteiger partial charge < -0.3 is 21.3 Å². The smallest absolute Gasteiger partial charge is 0.326 e. The molecule has 0 bridgehead atoms. The number of anilines is 1. The van der Waals surface area contributed by atoms with Crippen LogP contribution < -0.4 is 16.6 Å². The SMILES string of the molecule is Nc1nc2c(c(=O)[nH]1)C(=CCc1ccc(C(=O)N[C@@H](CCC(=O)O)C(=O)O)cc1)CC2. The molecule has 1 aliphatic carbocycles. The zero-order chi connectivity index (χ0) is 22.5. The van der Waals surface area contributed by atoms with E-state index in [2.05, 4.69) is 15.3 Å². The predicted octanol–water partition coefficient (Wildman–Crippen LogP) is 0.972. The Labute approximate surface area is 176 Å². The zero-order valence-electron chi connectivity index (χ0n) is 16.6. The van der Waals surface area contributed by atoms with Gasteiger partial charge in [-0.2, -0.15) is 0 Å². The van der Waals surface area contributed by atoms with Gasteiger partial charge in [0.1, 0.15) is 6.04 Å². The van der Waals surface area contributed by atoms with Gasteiger partial charge in [-0.25, -0.2) is 9.78 Å². The number of nitrogens with two attached hydrogens (primary N) is 1. The Bertz CT molecular complexity index is 1100. The number of aliphatic carboxylic acids is 2. The molecule has 0 saturated carbocycles. The Balaban J connectivity index is 1.65. The molecule has 1 heterocycles. The van der Waals surface area contributed by atoms with E-state index in [0.717, 1.165) is 11.1 Å². The summed E-state index contributed by atoms with van der Waals surface area (Å²) in [5.41, 5.74) is 8.64. The van der Waals surface area contributed by atoms with Crippen LogP contribution in [0.3, 0.4) is 0 Å². The van der Waals surface area contributed by atoms with Crippen LogP contribution in [0.5, 0.6) is 0 Å². The summed E-state index contributed by atoms with van der Waals surface area (Å²) < 4.78 is 0. The van der Waals surface area contributed by atoms with Crippen LogP contribution in [0.2, 0.25) is 0 Å². The Morgan fingerprint density at radius 1 is 1.19 bits per heavy atom. The number of carbonyl (C=O) groups is 3. The average Bonchev–Trinajstić information content (AvgIpc) is 3.12. The summed E-state index contributed by atoms with van der Waals surface area (Å²) in [5, 5.41) is 20.2. The highest BCUT2D eigenvalue weighted by molar-refractivity contribution is 5.96. The number of H-pyrrole nitrogens is 1. The summed E-state index contributed by atoms with van der Waals surface area (Å²) >= 11 is 0. The van der Waals surface area contributed by atoms with Crippen molar-refractivity contribution in [1.82, 2.24) is 15.3 Å². The molecular formula is C21H22N4O6. The molecule has 0 radical (unpaired) electrons. The summed E-state index contributed by atoms with van der Waals surface area (Å²) in [7, 11) is 0. The number of aryl methyl sites for hydroxylation is 1. The lowest BCUT2D eigenvalue weighted by molar-refractivity contribution is -0.140. The number of nitrogen functional groups attached to an aromatic ring is 1. The van der Waals surface area contributed by atoms with Crippen molar-refractivity contribution >= 4 is 29.4 Å². The maximum absolute atomic E-state index is 12.3. The number of aromatic nitrogens is 2. The van der Waals surface area contributed by atoms with Gasteiger partial charge in [0, 0.05) is 12.0 Å². The number of nitrogens with one attached hydrogen (secondary N) is 2. The molecule has 1 atom stereocenters. The summed E-state index contributed by atoms with van der Waals surface area (Å²) in [5.74, 6) is -2.92. The molecule has 1 aromatic carbocycles. The number of aromatic amines is 1. The van der Waals surface area contributed by atoms with Gasteiger partial charge in [-0.1, -0.05) is 18.2 Å². The van der Waals surface area contributed by atoms with Gasteiger partial charge in [-0.15, -0.1) is 0 Å². The normalized spacial score (nSPS) is 14.8. The monoisotopic (exact) mass is 426 g/mol. The van der Waals surface area contributed by atoms with Crippen molar-refractivity contribution in [2.24, 2.45) is 0 Å². The lowest BCUT2D eigenvalue weighted by Gasteiger charge is -2.13. The highest BCUT2D eigenvalue weighted by atomic mass is 16.4. The number of carbonyl (C=O) groups excluding carboxylic acids is 1. The van der Waals surface area contributed by atoms with Crippen LogP contribution in [0.15, 0.2) is 35.1 Å². The van der Waals surface area contributed by atoms with Gasteiger partial charge in [0.25, 0.3) is 11.5 Å². The first-order chi connectivity index (χ1) is 14.7. The minimum absolute atomic E-state index is 0.104. The summed E-state index contributed by atoms with van der Waals surface area (Å²) in [6.45, 7) is 0. The van der Waals surface area contributed by atoms with Crippen molar-refractivity contribution in [3.05, 3.63) is 63.1 Å². The van der Waals surface area contributed by atoms with Gasteiger partial charge >= 0.3 is 11.9 Å². The minimum atomic E-state index is -1.29. The molecule has 0 unspecified atom stereocenters. The van der Waals surface area contributed by atoms with E-state index in [1.807, 2.05) is 6.08 Å². The molecule has 0 aliphatic heterocycles.